The average molecular weight is 531 g/mol. The quantitative estimate of drug-likeness (QED) is 0.433. The van der Waals surface area contributed by atoms with Crippen LogP contribution in [0.25, 0.3) is 10.8 Å². The van der Waals surface area contributed by atoms with E-state index in [9.17, 15) is 9.59 Å². The maximum atomic E-state index is 13.6. The summed E-state index contributed by atoms with van der Waals surface area (Å²) in [4.78, 5) is 26.3. The summed E-state index contributed by atoms with van der Waals surface area (Å²) in [7, 11) is 0. The van der Waals surface area contributed by atoms with Crippen molar-refractivity contribution in [3.8, 4) is 11.5 Å². The Morgan fingerprint density at radius 2 is 1.71 bits per heavy atom. The topological polar surface area (TPSA) is 76.1 Å². The molecule has 0 saturated carbocycles. The second-order valence-corrected chi connectivity index (χ2v) is 8.32. The molecule has 0 aliphatic carbocycles. The minimum atomic E-state index is -0.885. The van der Waals surface area contributed by atoms with Gasteiger partial charge in [0.1, 0.15) is 11.5 Å². The molecule has 31 heavy (non-hydrogen) atoms. The Hall–Kier alpha value is -2.81. The molecule has 0 unspecified atom stereocenters. The van der Waals surface area contributed by atoms with Crippen LogP contribution in [0.2, 0.25) is 0 Å². The number of carbonyl (C=O) groups is 2. The van der Waals surface area contributed by atoms with Crippen LogP contribution in [0.5, 0.6) is 11.5 Å². The summed E-state index contributed by atoms with van der Waals surface area (Å²) in [5.41, 5.74) is 2.79. The maximum Gasteiger partial charge on any atom is 0.307 e. The molecule has 3 aromatic carbocycles. The zero-order valence-corrected chi connectivity index (χ0v) is 19.4. The van der Waals surface area contributed by atoms with Gasteiger partial charge in [-0.3, -0.25) is 9.59 Å². The Balaban J connectivity index is 1.85. The van der Waals surface area contributed by atoms with Crippen molar-refractivity contribution in [1.82, 2.24) is 0 Å². The van der Waals surface area contributed by atoms with Gasteiger partial charge in [-0.05, 0) is 54.1 Å². The third-order valence-corrected chi connectivity index (χ3v) is 6.27. The molecule has 6 nitrogen and oxygen atoms in total. The first-order valence-electron chi connectivity index (χ1n) is 10.1. The number of hydrogen-bond donors (Lipinski definition) is 1. The first-order chi connectivity index (χ1) is 15.0. The predicted molar refractivity (Wildman–Crippen MR) is 127 cm³/mol. The highest BCUT2D eigenvalue weighted by Crippen LogP contribution is 2.46. The van der Waals surface area contributed by atoms with Crippen LogP contribution in [-0.2, 0) is 17.8 Å². The van der Waals surface area contributed by atoms with Gasteiger partial charge in [0.15, 0.2) is 0 Å². The molecule has 0 spiro atoms. The predicted octanol–water partition coefficient (Wildman–Crippen LogP) is 5.03. The zero-order valence-electron chi connectivity index (χ0n) is 17.3. The van der Waals surface area contributed by atoms with E-state index in [2.05, 4.69) is 22.6 Å². The van der Waals surface area contributed by atoms with Gasteiger partial charge in [0.25, 0.3) is 5.91 Å². The molecule has 7 heteroatoms. The van der Waals surface area contributed by atoms with Crippen LogP contribution in [0.1, 0.15) is 35.3 Å². The van der Waals surface area contributed by atoms with Crippen molar-refractivity contribution < 1.29 is 24.2 Å². The van der Waals surface area contributed by atoms with E-state index in [4.69, 9.17) is 14.6 Å². The summed E-state index contributed by atoms with van der Waals surface area (Å²) >= 11 is 2.11. The van der Waals surface area contributed by atoms with Crippen molar-refractivity contribution in [2.24, 2.45) is 0 Å². The van der Waals surface area contributed by atoms with E-state index in [0.29, 0.717) is 42.5 Å². The molecule has 0 bridgehead atoms. The highest BCUT2D eigenvalue weighted by molar-refractivity contribution is 14.1. The summed E-state index contributed by atoms with van der Waals surface area (Å²) in [6.07, 6.45) is -0.0545. The van der Waals surface area contributed by atoms with Gasteiger partial charge in [-0.15, -0.1) is 0 Å². The third-order valence-electron chi connectivity index (χ3n) is 5.26. The molecule has 0 saturated heterocycles. The van der Waals surface area contributed by atoms with Crippen LogP contribution < -0.4 is 14.4 Å². The summed E-state index contributed by atoms with van der Waals surface area (Å²) < 4.78 is 12.8. The summed E-state index contributed by atoms with van der Waals surface area (Å²) in [6, 6.07) is 13.2. The van der Waals surface area contributed by atoms with Crippen molar-refractivity contribution in [2.75, 3.05) is 18.1 Å². The molecule has 0 radical (unpaired) electrons. The minimum absolute atomic E-state index is 0.0545. The lowest BCUT2D eigenvalue weighted by atomic mass is 9.99. The van der Waals surface area contributed by atoms with Crippen molar-refractivity contribution in [3.05, 3.63) is 62.7 Å². The maximum absolute atomic E-state index is 13.6. The van der Waals surface area contributed by atoms with Crippen molar-refractivity contribution >= 4 is 50.9 Å². The number of amides is 1. The van der Waals surface area contributed by atoms with Crippen LogP contribution in [0.4, 0.5) is 5.69 Å². The van der Waals surface area contributed by atoms with Gasteiger partial charge in [-0.2, -0.15) is 0 Å². The number of anilines is 1. The van der Waals surface area contributed by atoms with Crippen molar-refractivity contribution in [3.63, 3.8) is 0 Å². The first kappa shape index (κ1) is 21.4. The molecule has 1 heterocycles. The fourth-order valence-electron chi connectivity index (χ4n) is 3.99. The zero-order chi connectivity index (χ0) is 22.1. The number of nitrogens with zero attached hydrogens (tertiary/aromatic N) is 1. The lowest BCUT2D eigenvalue weighted by Gasteiger charge is -2.17. The van der Waals surface area contributed by atoms with Gasteiger partial charge in [-0.1, -0.05) is 30.3 Å². The van der Waals surface area contributed by atoms with Crippen LogP contribution in [-0.4, -0.2) is 30.2 Å². The van der Waals surface area contributed by atoms with E-state index in [-0.39, 0.29) is 12.3 Å². The number of ether oxygens (including phenoxy) is 2. The molecule has 0 atom stereocenters. The van der Waals surface area contributed by atoms with Gasteiger partial charge in [0, 0.05) is 25.6 Å². The fraction of sp³-hybridized carbons (Fsp3) is 0.250. The number of fused-ring (bicyclic) bond motifs is 2. The van der Waals surface area contributed by atoms with E-state index >= 15 is 0 Å². The smallest absolute Gasteiger partial charge is 0.307 e. The number of rotatable bonds is 7. The molecule has 0 fully saturated rings. The highest BCUT2D eigenvalue weighted by atomic mass is 127. The second kappa shape index (κ2) is 8.74. The molecule has 1 aliphatic heterocycles. The molecule has 1 aliphatic rings. The largest absolute Gasteiger partial charge is 0.493 e. The summed E-state index contributed by atoms with van der Waals surface area (Å²) in [5, 5.41) is 10.9. The van der Waals surface area contributed by atoms with E-state index in [0.717, 1.165) is 25.5 Å². The molecule has 4 rings (SSSR count). The van der Waals surface area contributed by atoms with Gasteiger partial charge in [-0.25, -0.2) is 0 Å². The fourth-order valence-corrected chi connectivity index (χ4v) is 4.68. The molecule has 1 N–H and O–H groups in total. The lowest BCUT2D eigenvalue weighted by molar-refractivity contribution is -0.136. The molecular formula is C24H22INO5. The summed E-state index contributed by atoms with van der Waals surface area (Å²) in [5.74, 6) is 0.266. The Kier molecular flexibility index (Phi) is 6.04. The van der Waals surface area contributed by atoms with Gasteiger partial charge < -0.3 is 19.5 Å². The van der Waals surface area contributed by atoms with E-state index < -0.39 is 5.97 Å². The third kappa shape index (κ3) is 3.82. The number of hydrogen-bond acceptors (Lipinski definition) is 4. The van der Waals surface area contributed by atoms with Crippen LogP contribution >= 0.6 is 22.6 Å². The summed E-state index contributed by atoms with van der Waals surface area (Å²) in [6.45, 7) is 5.12. The Morgan fingerprint density at radius 3 is 2.32 bits per heavy atom. The normalized spacial score (nSPS) is 12.9. The van der Waals surface area contributed by atoms with Crippen LogP contribution in [0.15, 0.2) is 42.5 Å². The standard InChI is InChI=1S/C24H22INO5/c1-3-30-22-16-7-5-6-8-17(16)23(31-4-2)21-18(22)13-26(24(21)29)15-10-9-14(11-20(27)28)19(25)12-15/h5-10,12H,3-4,11,13H2,1-2H3,(H,27,28). The highest BCUT2D eigenvalue weighted by Gasteiger charge is 2.36. The Morgan fingerprint density at radius 1 is 1.06 bits per heavy atom. The van der Waals surface area contributed by atoms with E-state index in [1.54, 1.807) is 17.0 Å². The monoisotopic (exact) mass is 531 g/mol. The number of carbonyl (C=O) groups excluding carboxylic acids is 1. The Labute approximate surface area is 193 Å². The minimum Gasteiger partial charge on any atom is -0.493 e. The first-order valence-corrected chi connectivity index (χ1v) is 11.2. The van der Waals surface area contributed by atoms with E-state index in [1.165, 1.54) is 0 Å². The van der Waals surface area contributed by atoms with Gasteiger partial charge >= 0.3 is 5.97 Å². The lowest BCUT2D eigenvalue weighted by Crippen LogP contribution is -2.23. The average Bonchev–Trinajstić information content (AvgIpc) is 3.09. The Bertz CT molecular complexity index is 1190. The molecular weight excluding hydrogens is 509 g/mol. The van der Waals surface area contributed by atoms with E-state index in [1.807, 2.05) is 44.2 Å². The number of carboxylic acid groups (broad SMARTS) is 1. The number of carboxylic acids is 1. The van der Waals surface area contributed by atoms with Gasteiger partial charge in [0.2, 0.25) is 0 Å². The molecule has 1 amide bonds. The second-order valence-electron chi connectivity index (χ2n) is 7.16. The van der Waals surface area contributed by atoms with Crippen LogP contribution in [0, 0.1) is 3.57 Å². The molecule has 3 aromatic rings. The SMILES string of the molecule is CCOc1c2c(c(OCC)c3ccccc13)C(=O)N(c1ccc(CC(=O)O)c(I)c1)C2. The van der Waals surface area contributed by atoms with Crippen molar-refractivity contribution in [2.45, 2.75) is 26.8 Å². The van der Waals surface area contributed by atoms with Crippen molar-refractivity contribution in [1.29, 1.82) is 0 Å². The van der Waals surface area contributed by atoms with Gasteiger partial charge in [0.05, 0.1) is 31.7 Å². The number of halogens is 1. The number of aliphatic carboxylic acids is 1. The molecule has 160 valence electrons. The number of benzene rings is 3. The van der Waals surface area contributed by atoms with Crippen LogP contribution in [0.3, 0.4) is 0 Å². The molecule has 0 aromatic heterocycles.